The fourth-order valence-corrected chi connectivity index (χ4v) is 3.04. The van der Waals surface area contributed by atoms with Crippen molar-refractivity contribution in [1.29, 1.82) is 0 Å². The summed E-state index contributed by atoms with van der Waals surface area (Å²) in [5.41, 5.74) is 0. The third-order valence-corrected chi connectivity index (χ3v) is 4.50. The van der Waals surface area contributed by atoms with Crippen LogP contribution in [0.3, 0.4) is 0 Å². The predicted molar refractivity (Wildman–Crippen MR) is 80.9 cm³/mol. The fraction of sp³-hybridized carbons (Fsp3) is 0.625. The summed E-state index contributed by atoms with van der Waals surface area (Å²) in [6.07, 6.45) is 3.87. The monoisotopic (exact) mass is 281 g/mol. The summed E-state index contributed by atoms with van der Waals surface area (Å²) in [4.78, 5) is 0. The molecule has 1 aliphatic carbocycles. The van der Waals surface area contributed by atoms with Gasteiger partial charge in [-0.25, -0.2) is 0 Å². The van der Waals surface area contributed by atoms with Gasteiger partial charge in [-0.05, 0) is 62.4 Å². The molecule has 1 fully saturated rings. The number of rotatable bonds is 4. The van der Waals surface area contributed by atoms with Gasteiger partial charge in [-0.3, -0.25) is 0 Å². The summed E-state index contributed by atoms with van der Waals surface area (Å²) in [6, 6.07) is 8.12. The minimum Gasteiger partial charge on any atom is -0.489 e. The first-order valence-electron chi connectivity index (χ1n) is 7.19. The lowest BCUT2D eigenvalue weighted by molar-refractivity contribution is 0.0750. The van der Waals surface area contributed by atoms with E-state index in [1.165, 1.54) is 12.8 Å². The molecule has 0 amide bonds. The minimum absolute atomic E-state index is 0.257. The van der Waals surface area contributed by atoms with Gasteiger partial charge in [0.05, 0.1) is 0 Å². The highest BCUT2D eigenvalue weighted by Crippen LogP contribution is 2.32. The van der Waals surface area contributed by atoms with Crippen molar-refractivity contribution in [2.45, 2.75) is 45.3 Å². The molecule has 0 bridgehead atoms. The molecule has 2 nitrogen and oxygen atoms in total. The Kier molecular flexibility index (Phi) is 5.12. The summed E-state index contributed by atoms with van der Waals surface area (Å²) >= 11 is 5.91. The number of hydrogen-bond acceptors (Lipinski definition) is 2. The number of nitrogens with one attached hydrogen (secondary N) is 1. The molecule has 2 rings (SSSR count). The summed E-state index contributed by atoms with van der Waals surface area (Å²) in [5.74, 6) is 2.41. The Morgan fingerprint density at radius 3 is 2.47 bits per heavy atom. The number of ether oxygens (including phenoxy) is 1. The van der Waals surface area contributed by atoms with Gasteiger partial charge in [0.25, 0.3) is 0 Å². The molecule has 0 spiro atoms. The molecule has 1 saturated carbocycles. The zero-order valence-corrected chi connectivity index (χ0v) is 12.8. The van der Waals surface area contributed by atoms with E-state index in [0.717, 1.165) is 29.0 Å². The molecule has 0 heterocycles. The van der Waals surface area contributed by atoms with Gasteiger partial charge in [-0.1, -0.05) is 25.4 Å². The molecule has 19 heavy (non-hydrogen) atoms. The number of halogens is 1. The molecule has 0 radical (unpaired) electrons. The molecule has 3 atom stereocenters. The maximum atomic E-state index is 6.17. The van der Waals surface area contributed by atoms with Crippen LogP contribution < -0.4 is 10.1 Å². The maximum absolute atomic E-state index is 6.17. The van der Waals surface area contributed by atoms with Crippen LogP contribution in [0.15, 0.2) is 24.3 Å². The van der Waals surface area contributed by atoms with Gasteiger partial charge in [0, 0.05) is 11.1 Å². The van der Waals surface area contributed by atoms with Gasteiger partial charge in [-0.2, -0.15) is 0 Å². The van der Waals surface area contributed by atoms with Crippen LogP contribution in [0.2, 0.25) is 5.02 Å². The maximum Gasteiger partial charge on any atom is 0.119 e. The molecule has 0 aliphatic heterocycles. The van der Waals surface area contributed by atoms with Crippen molar-refractivity contribution in [3.63, 3.8) is 0 Å². The third kappa shape index (κ3) is 3.87. The highest BCUT2D eigenvalue weighted by molar-refractivity contribution is 6.30. The Bertz CT molecular complexity index is 390. The summed E-state index contributed by atoms with van der Waals surface area (Å²) in [5, 5.41) is 4.15. The van der Waals surface area contributed by atoms with E-state index in [9.17, 15) is 0 Å². The van der Waals surface area contributed by atoms with Crippen LogP contribution in [-0.2, 0) is 0 Å². The Morgan fingerprint density at radius 2 is 1.89 bits per heavy atom. The molecule has 0 aromatic heterocycles. The van der Waals surface area contributed by atoms with Crippen molar-refractivity contribution >= 4 is 11.6 Å². The summed E-state index contributed by atoms with van der Waals surface area (Å²) < 4.78 is 6.17. The van der Waals surface area contributed by atoms with E-state index in [0.29, 0.717) is 6.04 Å². The van der Waals surface area contributed by atoms with Crippen molar-refractivity contribution < 1.29 is 4.74 Å². The van der Waals surface area contributed by atoms with Gasteiger partial charge in [0.2, 0.25) is 0 Å². The van der Waals surface area contributed by atoms with Crippen LogP contribution in [-0.4, -0.2) is 19.2 Å². The van der Waals surface area contributed by atoms with Crippen LogP contribution in [0.25, 0.3) is 0 Å². The molecule has 0 saturated heterocycles. The third-order valence-electron chi connectivity index (χ3n) is 4.25. The second kappa shape index (κ2) is 6.62. The van der Waals surface area contributed by atoms with E-state index in [4.69, 9.17) is 16.3 Å². The highest BCUT2D eigenvalue weighted by atomic mass is 35.5. The second-order valence-corrected chi connectivity index (χ2v) is 6.26. The minimum atomic E-state index is 0.257. The number of hydrogen-bond donors (Lipinski definition) is 1. The topological polar surface area (TPSA) is 21.3 Å². The Hall–Kier alpha value is -0.730. The van der Waals surface area contributed by atoms with Gasteiger partial charge in [-0.15, -0.1) is 0 Å². The van der Waals surface area contributed by atoms with Crippen molar-refractivity contribution in [3.05, 3.63) is 29.3 Å². The number of likely N-dealkylation sites (N-methyl/N-ethyl adjacent to an activating group) is 1. The zero-order valence-electron chi connectivity index (χ0n) is 12.0. The first-order chi connectivity index (χ1) is 9.10. The lowest BCUT2D eigenvalue weighted by Crippen LogP contribution is -2.46. The lowest BCUT2D eigenvalue weighted by atomic mass is 9.78. The molecule has 1 aromatic rings. The predicted octanol–water partition coefficient (Wildman–Crippen LogP) is 4.13. The second-order valence-electron chi connectivity index (χ2n) is 5.82. The first kappa shape index (κ1) is 14.7. The number of benzene rings is 1. The van der Waals surface area contributed by atoms with Crippen LogP contribution in [0.1, 0.15) is 33.1 Å². The average molecular weight is 282 g/mol. The Morgan fingerprint density at radius 1 is 1.21 bits per heavy atom. The highest BCUT2D eigenvalue weighted by Gasteiger charge is 2.32. The molecule has 3 unspecified atom stereocenters. The fourth-order valence-electron chi connectivity index (χ4n) is 2.91. The van der Waals surface area contributed by atoms with E-state index in [1.807, 2.05) is 31.3 Å². The quantitative estimate of drug-likeness (QED) is 0.896. The summed E-state index contributed by atoms with van der Waals surface area (Å²) in [6.45, 7) is 4.62. The van der Waals surface area contributed by atoms with Gasteiger partial charge < -0.3 is 10.1 Å². The molecular weight excluding hydrogens is 258 g/mol. The van der Waals surface area contributed by atoms with Gasteiger partial charge in [0.1, 0.15) is 11.9 Å². The lowest BCUT2D eigenvalue weighted by Gasteiger charge is -2.37. The zero-order chi connectivity index (χ0) is 13.8. The normalized spacial score (nSPS) is 27.5. The summed E-state index contributed by atoms with van der Waals surface area (Å²) in [7, 11) is 2.03. The molecular formula is C16H24ClNO. The van der Waals surface area contributed by atoms with Crippen molar-refractivity contribution in [2.75, 3.05) is 7.05 Å². The molecule has 106 valence electrons. The Labute approximate surface area is 121 Å². The standard InChI is InChI=1S/C16H24ClNO/c1-11(2)12-4-9-15(18-3)16(10-12)19-14-7-5-13(17)6-8-14/h5-8,11-12,15-16,18H,4,9-10H2,1-3H3. The van der Waals surface area contributed by atoms with E-state index in [1.54, 1.807) is 0 Å². The SMILES string of the molecule is CNC1CCC(C(C)C)CC1Oc1ccc(Cl)cc1. The van der Waals surface area contributed by atoms with Gasteiger partial charge >= 0.3 is 0 Å². The largest absolute Gasteiger partial charge is 0.489 e. The average Bonchev–Trinajstić information content (AvgIpc) is 2.41. The molecule has 3 heteroatoms. The van der Waals surface area contributed by atoms with Crippen molar-refractivity contribution in [2.24, 2.45) is 11.8 Å². The smallest absolute Gasteiger partial charge is 0.119 e. The van der Waals surface area contributed by atoms with Crippen molar-refractivity contribution in [3.8, 4) is 5.75 Å². The first-order valence-corrected chi connectivity index (χ1v) is 7.57. The van der Waals surface area contributed by atoms with Crippen LogP contribution in [0.5, 0.6) is 5.75 Å². The van der Waals surface area contributed by atoms with Crippen molar-refractivity contribution in [1.82, 2.24) is 5.32 Å². The van der Waals surface area contributed by atoms with E-state index < -0.39 is 0 Å². The van der Waals surface area contributed by atoms with Crippen LogP contribution in [0, 0.1) is 11.8 Å². The van der Waals surface area contributed by atoms with E-state index >= 15 is 0 Å². The van der Waals surface area contributed by atoms with E-state index in [2.05, 4.69) is 19.2 Å². The van der Waals surface area contributed by atoms with Gasteiger partial charge in [0.15, 0.2) is 0 Å². The molecule has 1 aliphatic rings. The molecule has 1 N–H and O–H groups in total. The van der Waals surface area contributed by atoms with Crippen LogP contribution >= 0.6 is 11.6 Å². The van der Waals surface area contributed by atoms with Crippen LogP contribution in [0.4, 0.5) is 0 Å². The Balaban J connectivity index is 2.03. The van der Waals surface area contributed by atoms with E-state index in [-0.39, 0.29) is 6.10 Å². The molecule has 1 aromatic carbocycles.